The van der Waals surface area contributed by atoms with Gasteiger partial charge in [0.2, 0.25) is 0 Å². The van der Waals surface area contributed by atoms with E-state index in [1.54, 1.807) is 17.5 Å². The van der Waals surface area contributed by atoms with Gasteiger partial charge in [0, 0.05) is 23.2 Å². The van der Waals surface area contributed by atoms with Crippen molar-refractivity contribution in [1.82, 2.24) is 4.98 Å². The molecule has 2 aromatic carbocycles. The van der Waals surface area contributed by atoms with Gasteiger partial charge in [-0.1, -0.05) is 56.9 Å². The fraction of sp³-hybridized carbons (Fsp3) is 0.346. The van der Waals surface area contributed by atoms with E-state index in [4.69, 9.17) is 5.11 Å². The second-order valence-electron chi connectivity index (χ2n) is 8.03. The van der Waals surface area contributed by atoms with Gasteiger partial charge in [0.05, 0.1) is 12.1 Å². The van der Waals surface area contributed by atoms with Crippen molar-refractivity contribution in [3.63, 3.8) is 0 Å². The van der Waals surface area contributed by atoms with Gasteiger partial charge in [-0.05, 0) is 48.2 Å². The highest BCUT2D eigenvalue weighted by Gasteiger charge is 2.11. The molecule has 0 fully saturated rings. The van der Waals surface area contributed by atoms with Crippen LogP contribution in [0.4, 0.5) is 10.8 Å². The smallest absolute Gasteiger partial charge is 0.309 e. The number of carboxylic acids is 1. The fourth-order valence-corrected chi connectivity index (χ4v) is 4.30. The zero-order valence-electron chi connectivity index (χ0n) is 19.0. The Kier molecular flexibility index (Phi) is 9.44. The zero-order chi connectivity index (χ0) is 23.5. The van der Waals surface area contributed by atoms with Crippen molar-refractivity contribution in [2.75, 3.05) is 10.6 Å². The van der Waals surface area contributed by atoms with E-state index in [0.29, 0.717) is 16.4 Å². The molecule has 1 amide bonds. The zero-order valence-corrected chi connectivity index (χ0v) is 19.8. The first-order valence-electron chi connectivity index (χ1n) is 11.4. The topological polar surface area (TPSA) is 91.3 Å². The van der Waals surface area contributed by atoms with Crippen molar-refractivity contribution in [3.8, 4) is 0 Å². The number of carbonyl (C=O) groups excluding carboxylic acids is 1. The highest BCUT2D eigenvalue weighted by molar-refractivity contribution is 7.14. The Morgan fingerprint density at radius 2 is 1.70 bits per heavy atom. The fourth-order valence-electron chi connectivity index (χ4n) is 3.60. The van der Waals surface area contributed by atoms with Crippen molar-refractivity contribution in [1.29, 1.82) is 0 Å². The molecule has 0 aliphatic heterocycles. The molecule has 0 spiro atoms. The predicted molar refractivity (Wildman–Crippen MR) is 134 cm³/mol. The number of thiazole rings is 1. The number of aliphatic carboxylic acids is 1. The molecule has 0 unspecified atom stereocenters. The summed E-state index contributed by atoms with van der Waals surface area (Å²) in [4.78, 5) is 27.4. The van der Waals surface area contributed by atoms with E-state index in [9.17, 15) is 9.59 Å². The maximum atomic E-state index is 12.5. The molecule has 1 heterocycles. The third-order valence-corrected chi connectivity index (χ3v) is 6.21. The van der Waals surface area contributed by atoms with Gasteiger partial charge in [-0.3, -0.25) is 14.9 Å². The summed E-state index contributed by atoms with van der Waals surface area (Å²) in [6.45, 7) is 2.97. The van der Waals surface area contributed by atoms with Crippen molar-refractivity contribution in [2.24, 2.45) is 0 Å². The molecule has 3 aromatic rings. The summed E-state index contributed by atoms with van der Waals surface area (Å²) in [6, 6.07) is 15.9. The Morgan fingerprint density at radius 3 is 2.42 bits per heavy atom. The number of nitrogens with one attached hydrogen (secondary N) is 2. The van der Waals surface area contributed by atoms with Crippen molar-refractivity contribution in [3.05, 3.63) is 76.3 Å². The van der Waals surface area contributed by atoms with Crippen LogP contribution in [0.1, 0.15) is 66.2 Å². The average molecular weight is 466 g/mol. The van der Waals surface area contributed by atoms with Crippen LogP contribution in [0.15, 0.2) is 53.9 Å². The van der Waals surface area contributed by atoms with Gasteiger partial charge in [0.25, 0.3) is 5.91 Å². The van der Waals surface area contributed by atoms with Gasteiger partial charge in [-0.15, -0.1) is 11.3 Å². The van der Waals surface area contributed by atoms with Crippen molar-refractivity contribution < 1.29 is 14.7 Å². The summed E-state index contributed by atoms with van der Waals surface area (Å²) >= 11 is 1.22. The van der Waals surface area contributed by atoms with Crippen LogP contribution in [-0.2, 0) is 24.2 Å². The van der Waals surface area contributed by atoms with E-state index in [2.05, 4.69) is 46.8 Å². The molecule has 0 aliphatic rings. The highest BCUT2D eigenvalue weighted by Crippen LogP contribution is 2.19. The summed E-state index contributed by atoms with van der Waals surface area (Å²) in [6.07, 6.45) is 7.33. The standard InChI is InChI=1S/C26H31N3O3S/c1-2-3-4-5-6-9-19-10-7-8-11-21(19)17-27-22-14-12-20(13-15-22)25(32)29-26-28-23(18-33-26)16-24(30)31/h7-8,10-15,18,27H,2-6,9,16-17H2,1H3,(H,30,31)(H,28,29,32). The van der Waals surface area contributed by atoms with Crippen LogP contribution in [0.2, 0.25) is 0 Å². The molecule has 0 saturated carbocycles. The molecule has 0 aliphatic carbocycles. The minimum Gasteiger partial charge on any atom is -0.481 e. The Labute approximate surface area is 199 Å². The molecule has 33 heavy (non-hydrogen) atoms. The lowest BCUT2D eigenvalue weighted by molar-refractivity contribution is -0.136. The second-order valence-corrected chi connectivity index (χ2v) is 8.89. The molecule has 1 aromatic heterocycles. The molecular formula is C26H31N3O3S. The van der Waals surface area contributed by atoms with Crippen molar-refractivity contribution in [2.45, 2.75) is 58.4 Å². The van der Waals surface area contributed by atoms with Crippen LogP contribution in [0.5, 0.6) is 0 Å². The van der Waals surface area contributed by atoms with Gasteiger partial charge in [-0.2, -0.15) is 0 Å². The van der Waals surface area contributed by atoms with Gasteiger partial charge in [-0.25, -0.2) is 4.98 Å². The average Bonchev–Trinajstić information content (AvgIpc) is 3.24. The van der Waals surface area contributed by atoms with Gasteiger partial charge >= 0.3 is 5.97 Å². The molecule has 6 nitrogen and oxygen atoms in total. The van der Waals surface area contributed by atoms with Crippen LogP contribution in [-0.4, -0.2) is 22.0 Å². The highest BCUT2D eigenvalue weighted by atomic mass is 32.1. The van der Waals surface area contributed by atoms with E-state index >= 15 is 0 Å². The molecule has 3 rings (SSSR count). The van der Waals surface area contributed by atoms with E-state index in [1.807, 2.05) is 12.1 Å². The van der Waals surface area contributed by atoms with Crippen LogP contribution in [0.3, 0.4) is 0 Å². The molecular weight excluding hydrogens is 434 g/mol. The number of nitrogens with zero attached hydrogens (tertiary/aromatic N) is 1. The number of carbonyl (C=O) groups is 2. The first-order chi connectivity index (χ1) is 16.0. The van der Waals surface area contributed by atoms with Crippen LogP contribution in [0, 0.1) is 0 Å². The molecule has 0 saturated heterocycles. The number of amides is 1. The molecule has 7 heteroatoms. The van der Waals surface area contributed by atoms with Crippen LogP contribution >= 0.6 is 11.3 Å². The molecule has 3 N–H and O–H groups in total. The Morgan fingerprint density at radius 1 is 0.970 bits per heavy atom. The summed E-state index contributed by atoms with van der Waals surface area (Å²) in [5.41, 5.74) is 4.59. The van der Waals surface area contributed by atoms with Crippen LogP contribution in [0.25, 0.3) is 0 Å². The number of rotatable bonds is 13. The minimum absolute atomic E-state index is 0.158. The summed E-state index contributed by atoms with van der Waals surface area (Å²) in [5.74, 6) is -1.22. The number of anilines is 2. The number of aryl methyl sites for hydroxylation is 1. The Hall–Kier alpha value is -3.19. The summed E-state index contributed by atoms with van der Waals surface area (Å²) in [5, 5.41) is 17.0. The lowest BCUT2D eigenvalue weighted by Crippen LogP contribution is -2.12. The number of aromatic nitrogens is 1. The van der Waals surface area contributed by atoms with Gasteiger partial charge in [0.15, 0.2) is 5.13 Å². The molecule has 0 atom stereocenters. The maximum Gasteiger partial charge on any atom is 0.309 e. The largest absolute Gasteiger partial charge is 0.481 e. The molecule has 0 bridgehead atoms. The molecule has 174 valence electrons. The number of hydrogen-bond acceptors (Lipinski definition) is 5. The lowest BCUT2D eigenvalue weighted by Gasteiger charge is -2.12. The van der Waals surface area contributed by atoms with E-state index in [-0.39, 0.29) is 12.3 Å². The third kappa shape index (κ3) is 8.02. The van der Waals surface area contributed by atoms with E-state index in [1.165, 1.54) is 54.6 Å². The SMILES string of the molecule is CCCCCCCc1ccccc1CNc1ccc(C(=O)Nc2nc(CC(=O)O)cs2)cc1. The Balaban J connectivity index is 1.51. The lowest BCUT2D eigenvalue weighted by atomic mass is 10.0. The minimum atomic E-state index is -0.948. The first kappa shape index (κ1) is 24.5. The second kappa shape index (κ2) is 12.7. The third-order valence-electron chi connectivity index (χ3n) is 5.40. The number of carboxylic acid groups (broad SMARTS) is 1. The maximum absolute atomic E-state index is 12.5. The summed E-state index contributed by atoms with van der Waals surface area (Å²) in [7, 11) is 0. The number of hydrogen-bond donors (Lipinski definition) is 3. The van der Waals surface area contributed by atoms with Gasteiger partial charge < -0.3 is 10.4 Å². The van der Waals surface area contributed by atoms with Gasteiger partial charge in [0.1, 0.15) is 0 Å². The summed E-state index contributed by atoms with van der Waals surface area (Å²) < 4.78 is 0. The Bertz CT molecular complexity index is 1050. The van der Waals surface area contributed by atoms with Crippen LogP contribution < -0.4 is 10.6 Å². The monoisotopic (exact) mass is 465 g/mol. The number of unbranched alkanes of at least 4 members (excludes halogenated alkanes) is 4. The number of benzene rings is 2. The van der Waals surface area contributed by atoms with Crippen molar-refractivity contribution >= 4 is 34.0 Å². The first-order valence-corrected chi connectivity index (χ1v) is 12.3. The van der Waals surface area contributed by atoms with E-state index in [0.717, 1.165) is 18.7 Å². The quantitative estimate of drug-likeness (QED) is 0.263. The predicted octanol–water partition coefficient (Wildman–Crippen LogP) is 6.15. The molecule has 0 radical (unpaired) electrons. The normalized spacial score (nSPS) is 10.7. The van der Waals surface area contributed by atoms with E-state index < -0.39 is 5.97 Å².